The van der Waals surface area contributed by atoms with Gasteiger partial charge in [-0.05, 0) is 25.5 Å². The number of hydrogen-bond acceptors (Lipinski definition) is 4. The van der Waals surface area contributed by atoms with Crippen molar-refractivity contribution in [3.8, 4) is 5.75 Å². The monoisotopic (exact) mass is 288 g/mol. The number of para-hydroxylation sites is 1. The summed E-state index contributed by atoms with van der Waals surface area (Å²) in [5.41, 5.74) is 0. The van der Waals surface area contributed by atoms with Crippen LogP contribution in [-0.2, 0) is 11.3 Å². The van der Waals surface area contributed by atoms with Crippen LogP contribution in [0.25, 0.3) is 0 Å². The molecule has 0 saturated heterocycles. The number of aromatic nitrogens is 3. The van der Waals surface area contributed by atoms with E-state index in [0.29, 0.717) is 31.8 Å². The second-order valence-corrected chi connectivity index (χ2v) is 4.85. The van der Waals surface area contributed by atoms with Crippen LogP contribution >= 0.6 is 0 Å². The van der Waals surface area contributed by atoms with Crippen LogP contribution in [0.3, 0.4) is 0 Å². The second-order valence-electron chi connectivity index (χ2n) is 4.85. The van der Waals surface area contributed by atoms with Gasteiger partial charge in [-0.25, -0.2) is 4.98 Å². The third-order valence-electron chi connectivity index (χ3n) is 2.99. The molecule has 0 saturated carbocycles. The van der Waals surface area contributed by atoms with Gasteiger partial charge in [0.2, 0.25) is 5.91 Å². The first-order valence-corrected chi connectivity index (χ1v) is 6.95. The van der Waals surface area contributed by atoms with Crippen LogP contribution in [0, 0.1) is 6.92 Å². The number of hydrogen-bond donors (Lipinski definition) is 1. The largest absolute Gasteiger partial charge is 0.494 e. The molecule has 1 amide bonds. The lowest BCUT2D eigenvalue weighted by atomic mass is 10.3. The lowest BCUT2D eigenvalue weighted by Gasteiger charge is -2.15. The van der Waals surface area contributed by atoms with Crippen molar-refractivity contribution in [1.82, 2.24) is 20.1 Å². The number of nitrogens with zero attached hydrogens (tertiary/aromatic N) is 3. The summed E-state index contributed by atoms with van der Waals surface area (Å²) in [6, 6.07) is 9.59. The number of aromatic amines is 1. The highest BCUT2D eigenvalue weighted by atomic mass is 16.5. The molecule has 0 radical (unpaired) electrons. The quantitative estimate of drug-likeness (QED) is 0.790. The zero-order valence-corrected chi connectivity index (χ0v) is 12.4. The number of carbonyl (C=O) groups is 1. The maximum atomic E-state index is 12.0. The summed E-state index contributed by atoms with van der Waals surface area (Å²) in [5, 5.41) is 6.78. The van der Waals surface area contributed by atoms with Gasteiger partial charge >= 0.3 is 0 Å². The van der Waals surface area contributed by atoms with Crippen molar-refractivity contribution in [2.24, 2.45) is 0 Å². The molecule has 2 aromatic rings. The predicted molar refractivity (Wildman–Crippen MR) is 78.8 cm³/mol. The molecule has 0 unspecified atom stereocenters. The molecular formula is C15H20N4O2. The number of carbonyl (C=O) groups excluding carboxylic acids is 1. The summed E-state index contributed by atoms with van der Waals surface area (Å²) < 4.78 is 5.56. The topological polar surface area (TPSA) is 71.1 Å². The Hall–Kier alpha value is -2.37. The van der Waals surface area contributed by atoms with Crippen molar-refractivity contribution < 1.29 is 9.53 Å². The van der Waals surface area contributed by atoms with Gasteiger partial charge in [-0.15, -0.1) is 0 Å². The van der Waals surface area contributed by atoms with Crippen molar-refractivity contribution in [2.45, 2.75) is 26.3 Å². The van der Waals surface area contributed by atoms with E-state index in [-0.39, 0.29) is 5.91 Å². The van der Waals surface area contributed by atoms with Gasteiger partial charge in [0, 0.05) is 13.5 Å². The van der Waals surface area contributed by atoms with E-state index in [1.807, 2.05) is 37.3 Å². The molecule has 0 spiro atoms. The van der Waals surface area contributed by atoms with E-state index in [2.05, 4.69) is 15.2 Å². The maximum absolute atomic E-state index is 12.0. The fraction of sp³-hybridized carbons (Fsp3) is 0.400. The average Bonchev–Trinajstić information content (AvgIpc) is 2.89. The Morgan fingerprint density at radius 1 is 1.33 bits per heavy atom. The minimum Gasteiger partial charge on any atom is -0.494 e. The Morgan fingerprint density at radius 2 is 2.10 bits per heavy atom. The van der Waals surface area contributed by atoms with Gasteiger partial charge in [0.1, 0.15) is 11.6 Å². The molecule has 1 heterocycles. The smallest absolute Gasteiger partial charge is 0.222 e. The summed E-state index contributed by atoms with van der Waals surface area (Å²) in [6.45, 7) is 2.78. The molecule has 0 aliphatic carbocycles. The van der Waals surface area contributed by atoms with Crippen molar-refractivity contribution in [3.05, 3.63) is 42.0 Å². The molecule has 0 aliphatic heterocycles. The third-order valence-corrected chi connectivity index (χ3v) is 2.99. The molecule has 1 aromatic heterocycles. The van der Waals surface area contributed by atoms with Crippen molar-refractivity contribution in [1.29, 1.82) is 0 Å². The lowest BCUT2D eigenvalue weighted by molar-refractivity contribution is -0.130. The number of aryl methyl sites for hydroxylation is 1. The lowest BCUT2D eigenvalue weighted by Crippen LogP contribution is -2.26. The average molecular weight is 288 g/mol. The summed E-state index contributed by atoms with van der Waals surface area (Å²) in [5.74, 6) is 2.27. The molecule has 21 heavy (non-hydrogen) atoms. The summed E-state index contributed by atoms with van der Waals surface area (Å²) in [7, 11) is 1.76. The van der Waals surface area contributed by atoms with Gasteiger partial charge in [-0.3, -0.25) is 9.89 Å². The highest BCUT2D eigenvalue weighted by Gasteiger charge is 2.11. The van der Waals surface area contributed by atoms with Crippen LogP contribution in [0.2, 0.25) is 0 Å². The Bertz CT molecular complexity index is 568. The van der Waals surface area contributed by atoms with Crippen LogP contribution in [0.1, 0.15) is 24.5 Å². The van der Waals surface area contributed by atoms with Crippen LogP contribution in [0.5, 0.6) is 5.75 Å². The van der Waals surface area contributed by atoms with E-state index in [0.717, 1.165) is 11.6 Å². The highest BCUT2D eigenvalue weighted by Crippen LogP contribution is 2.09. The van der Waals surface area contributed by atoms with Gasteiger partial charge in [0.05, 0.1) is 13.2 Å². The number of amides is 1. The molecule has 0 fully saturated rings. The van der Waals surface area contributed by atoms with Gasteiger partial charge in [0.15, 0.2) is 5.82 Å². The summed E-state index contributed by atoms with van der Waals surface area (Å²) in [4.78, 5) is 17.8. The third kappa shape index (κ3) is 4.91. The number of nitrogens with one attached hydrogen (secondary N) is 1. The number of ether oxygens (including phenoxy) is 1. The van der Waals surface area contributed by atoms with Crippen LogP contribution in [0.15, 0.2) is 30.3 Å². The highest BCUT2D eigenvalue weighted by molar-refractivity contribution is 5.75. The molecule has 112 valence electrons. The van der Waals surface area contributed by atoms with Gasteiger partial charge < -0.3 is 9.64 Å². The van der Waals surface area contributed by atoms with Crippen LogP contribution in [0.4, 0.5) is 0 Å². The SMILES string of the molecule is Cc1nc(CN(C)C(=O)CCCOc2ccccc2)n[nH]1. The Morgan fingerprint density at radius 3 is 2.76 bits per heavy atom. The standard InChI is InChI=1S/C15H20N4O2/c1-12-16-14(18-17-12)11-19(2)15(20)9-6-10-21-13-7-4-3-5-8-13/h3-5,7-8H,6,9-11H2,1-2H3,(H,16,17,18). The predicted octanol–water partition coefficient (Wildman–Crippen LogP) is 1.93. The molecule has 0 bridgehead atoms. The van der Waals surface area contributed by atoms with E-state index in [1.54, 1.807) is 11.9 Å². The first kappa shape index (κ1) is 15.0. The minimum atomic E-state index is 0.0640. The molecule has 0 aliphatic rings. The normalized spacial score (nSPS) is 10.4. The van der Waals surface area contributed by atoms with E-state index >= 15 is 0 Å². The number of benzene rings is 1. The van der Waals surface area contributed by atoms with E-state index in [9.17, 15) is 4.79 Å². The van der Waals surface area contributed by atoms with Crippen molar-refractivity contribution >= 4 is 5.91 Å². The fourth-order valence-corrected chi connectivity index (χ4v) is 1.88. The van der Waals surface area contributed by atoms with Crippen molar-refractivity contribution in [2.75, 3.05) is 13.7 Å². The first-order valence-electron chi connectivity index (χ1n) is 6.95. The second kappa shape index (κ2) is 7.42. The Balaban J connectivity index is 1.67. The zero-order chi connectivity index (χ0) is 15.1. The van der Waals surface area contributed by atoms with Gasteiger partial charge in [-0.1, -0.05) is 18.2 Å². The minimum absolute atomic E-state index is 0.0640. The zero-order valence-electron chi connectivity index (χ0n) is 12.4. The molecule has 2 rings (SSSR count). The molecular weight excluding hydrogens is 268 g/mol. The fourth-order valence-electron chi connectivity index (χ4n) is 1.88. The number of H-pyrrole nitrogens is 1. The molecule has 0 atom stereocenters. The molecule has 6 heteroatoms. The Labute approximate surface area is 124 Å². The van der Waals surface area contributed by atoms with Crippen LogP contribution < -0.4 is 4.74 Å². The Kier molecular flexibility index (Phi) is 5.31. The molecule has 6 nitrogen and oxygen atoms in total. The van der Waals surface area contributed by atoms with Gasteiger partial charge in [-0.2, -0.15) is 5.10 Å². The van der Waals surface area contributed by atoms with Crippen LogP contribution in [-0.4, -0.2) is 39.6 Å². The van der Waals surface area contributed by atoms with Crippen molar-refractivity contribution in [3.63, 3.8) is 0 Å². The van der Waals surface area contributed by atoms with E-state index < -0.39 is 0 Å². The summed E-state index contributed by atoms with van der Waals surface area (Å²) in [6.07, 6.45) is 1.14. The van der Waals surface area contributed by atoms with E-state index in [1.165, 1.54) is 0 Å². The molecule has 1 aromatic carbocycles. The summed E-state index contributed by atoms with van der Waals surface area (Å²) >= 11 is 0. The molecule has 1 N–H and O–H groups in total. The van der Waals surface area contributed by atoms with Gasteiger partial charge in [0.25, 0.3) is 0 Å². The first-order chi connectivity index (χ1) is 10.1. The van der Waals surface area contributed by atoms with E-state index in [4.69, 9.17) is 4.74 Å². The number of rotatable bonds is 7. The maximum Gasteiger partial charge on any atom is 0.222 e.